The Morgan fingerprint density at radius 2 is 2.12 bits per heavy atom. The van der Waals surface area contributed by atoms with Crippen LogP contribution in [0.15, 0.2) is 42.7 Å². The zero-order valence-corrected chi connectivity index (χ0v) is 9.05. The second kappa shape index (κ2) is 4.61. The van der Waals surface area contributed by atoms with Crippen LogP contribution < -0.4 is 0 Å². The molecule has 82 valence electrons. The van der Waals surface area contributed by atoms with Gasteiger partial charge in [0.25, 0.3) is 5.91 Å². The molecule has 1 aromatic heterocycles. The molecule has 1 amide bonds. The number of H-pyrrole nitrogens is 1. The van der Waals surface area contributed by atoms with Crippen molar-refractivity contribution in [1.82, 2.24) is 15.1 Å². The Balaban J connectivity index is 2.05. The number of hydrogen-bond donors (Lipinski definition) is 1. The van der Waals surface area contributed by atoms with E-state index in [2.05, 4.69) is 10.2 Å². The predicted octanol–water partition coefficient (Wildman–Crippen LogP) is 1.68. The molecule has 0 aliphatic rings. The summed E-state index contributed by atoms with van der Waals surface area (Å²) in [6.45, 7) is 0.560. The monoisotopic (exact) mass is 215 g/mol. The summed E-state index contributed by atoms with van der Waals surface area (Å²) in [7, 11) is 1.78. The summed E-state index contributed by atoms with van der Waals surface area (Å²) in [5.74, 6) is 0.0156. The van der Waals surface area contributed by atoms with Gasteiger partial charge in [-0.1, -0.05) is 18.2 Å². The highest BCUT2D eigenvalue weighted by atomic mass is 16.2. The lowest BCUT2D eigenvalue weighted by atomic mass is 10.2. The number of amides is 1. The Labute approximate surface area is 93.9 Å². The fourth-order valence-electron chi connectivity index (χ4n) is 1.51. The van der Waals surface area contributed by atoms with Crippen molar-refractivity contribution in [2.75, 3.05) is 7.05 Å². The highest BCUT2D eigenvalue weighted by Crippen LogP contribution is 2.06. The van der Waals surface area contributed by atoms with Crippen LogP contribution in [-0.2, 0) is 6.54 Å². The van der Waals surface area contributed by atoms with E-state index < -0.39 is 0 Å². The molecule has 0 unspecified atom stereocenters. The molecule has 0 spiro atoms. The molecule has 1 N–H and O–H groups in total. The first-order valence-electron chi connectivity index (χ1n) is 5.05. The summed E-state index contributed by atoms with van der Waals surface area (Å²) < 4.78 is 0. The van der Waals surface area contributed by atoms with E-state index in [9.17, 15) is 4.79 Å². The van der Waals surface area contributed by atoms with Gasteiger partial charge >= 0.3 is 0 Å². The van der Waals surface area contributed by atoms with Crippen molar-refractivity contribution in [1.29, 1.82) is 0 Å². The van der Waals surface area contributed by atoms with Crippen molar-refractivity contribution in [2.24, 2.45) is 0 Å². The zero-order chi connectivity index (χ0) is 11.4. The van der Waals surface area contributed by atoms with Gasteiger partial charge in [-0.3, -0.25) is 9.89 Å². The Bertz CT molecular complexity index is 450. The van der Waals surface area contributed by atoms with E-state index in [0.29, 0.717) is 12.1 Å². The molecule has 0 fully saturated rings. The normalized spacial score (nSPS) is 10.1. The Morgan fingerprint density at radius 3 is 2.75 bits per heavy atom. The van der Waals surface area contributed by atoms with Crippen LogP contribution in [0.5, 0.6) is 0 Å². The Morgan fingerprint density at radius 1 is 1.38 bits per heavy atom. The predicted molar refractivity (Wildman–Crippen MR) is 60.8 cm³/mol. The SMILES string of the molecule is CN(Cc1cn[nH]c1)C(=O)c1ccccc1. The first-order valence-corrected chi connectivity index (χ1v) is 5.05. The molecule has 0 bridgehead atoms. The van der Waals surface area contributed by atoms with Crippen LogP contribution in [0.1, 0.15) is 15.9 Å². The standard InChI is InChI=1S/C12H13N3O/c1-15(9-10-7-13-14-8-10)12(16)11-5-3-2-4-6-11/h2-8H,9H2,1H3,(H,13,14). The van der Waals surface area contributed by atoms with E-state index in [1.54, 1.807) is 24.3 Å². The topological polar surface area (TPSA) is 49.0 Å². The number of benzene rings is 1. The molecule has 1 aromatic carbocycles. The third-order valence-corrected chi connectivity index (χ3v) is 2.34. The second-order valence-electron chi connectivity index (χ2n) is 3.63. The number of rotatable bonds is 3. The molecule has 0 aliphatic carbocycles. The minimum absolute atomic E-state index is 0.0156. The van der Waals surface area contributed by atoms with Crippen LogP contribution in [0.2, 0.25) is 0 Å². The molecule has 2 rings (SSSR count). The summed E-state index contributed by atoms with van der Waals surface area (Å²) in [4.78, 5) is 13.6. The van der Waals surface area contributed by atoms with Crippen LogP contribution in [0.3, 0.4) is 0 Å². The van der Waals surface area contributed by atoms with Crippen molar-refractivity contribution in [3.8, 4) is 0 Å². The van der Waals surface area contributed by atoms with Gasteiger partial charge in [0, 0.05) is 30.9 Å². The maximum atomic E-state index is 12.0. The van der Waals surface area contributed by atoms with Gasteiger partial charge in [0.2, 0.25) is 0 Å². The fourth-order valence-corrected chi connectivity index (χ4v) is 1.51. The maximum Gasteiger partial charge on any atom is 0.253 e. The molecule has 2 aromatic rings. The third kappa shape index (κ3) is 2.28. The van der Waals surface area contributed by atoms with Crippen LogP contribution in [0.4, 0.5) is 0 Å². The number of carbonyl (C=O) groups is 1. The summed E-state index contributed by atoms with van der Waals surface area (Å²) >= 11 is 0. The van der Waals surface area contributed by atoms with Gasteiger partial charge < -0.3 is 4.90 Å². The summed E-state index contributed by atoms with van der Waals surface area (Å²) in [6, 6.07) is 9.24. The maximum absolute atomic E-state index is 12.0. The van der Waals surface area contributed by atoms with Crippen molar-refractivity contribution in [3.05, 3.63) is 53.9 Å². The first-order chi connectivity index (χ1) is 7.77. The largest absolute Gasteiger partial charge is 0.337 e. The number of aromatic nitrogens is 2. The van der Waals surface area contributed by atoms with E-state index in [0.717, 1.165) is 5.56 Å². The Hall–Kier alpha value is -2.10. The lowest BCUT2D eigenvalue weighted by Crippen LogP contribution is -2.25. The third-order valence-electron chi connectivity index (χ3n) is 2.34. The van der Waals surface area contributed by atoms with Gasteiger partial charge in [0.1, 0.15) is 0 Å². The van der Waals surface area contributed by atoms with E-state index in [4.69, 9.17) is 0 Å². The minimum atomic E-state index is 0.0156. The second-order valence-corrected chi connectivity index (χ2v) is 3.63. The van der Waals surface area contributed by atoms with Gasteiger partial charge in [-0.15, -0.1) is 0 Å². The minimum Gasteiger partial charge on any atom is -0.337 e. The van der Waals surface area contributed by atoms with Gasteiger partial charge in [0.15, 0.2) is 0 Å². The average Bonchev–Trinajstić information content (AvgIpc) is 2.82. The van der Waals surface area contributed by atoms with Crippen molar-refractivity contribution in [3.63, 3.8) is 0 Å². The average molecular weight is 215 g/mol. The van der Waals surface area contributed by atoms with Gasteiger partial charge in [-0.05, 0) is 12.1 Å². The fraction of sp³-hybridized carbons (Fsp3) is 0.167. The quantitative estimate of drug-likeness (QED) is 0.846. The Kier molecular flexibility index (Phi) is 3.00. The van der Waals surface area contributed by atoms with Gasteiger partial charge in [0.05, 0.1) is 6.20 Å². The number of carbonyl (C=O) groups excluding carboxylic acids is 1. The molecule has 0 aliphatic heterocycles. The molecule has 4 heteroatoms. The van der Waals surface area contributed by atoms with E-state index in [1.807, 2.05) is 30.3 Å². The molecule has 0 radical (unpaired) electrons. The molecule has 16 heavy (non-hydrogen) atoms. The molecule has 1 heterocycles. The molecular weight excluding hydrogens is 202 g/mol. The van der Waals surface area contributed by atoms with Gasteiger partial charge in [-0.2, -0.15) is 5.10 Å². The molecule has 0 saturated carbocycles. The first kappa shape index (κ1) is 10.4. The van der Waals surface area contributed by atoms with Crippen LogP contribution >= 0.6 is 0 Å². The number of nitrogens with zero attached hydrogens (tertiary/aromatic N) is 2. The summed E-state index contributed by atoms with van der Waals surface area (Å²) in [5, 5.41) is 6.57. The van der Waals surface area contributed by atoms with E-state index >= 15 is 0 Å². The van der Waals surface area contributed by atoms with E-state index in [-0.39, 0.29) is 5.91 Å². The molecule has 0 atom stereocenters. The highest BCUT2D eigenvalue weighted by Gasteiger charge is 2.11. The smallest absolute Gasteiger partial charge is 0.253 e. The van der Waals surface area contributed by atoms with Crippen molar-refractivity contribution in [2.45, 2.75) is 6.54 Å². The summed E-state index contributed by atoms with van der Waals surface area (Å²) in [6.07, 6.45) is 3.50. The van der Waals surface area contributed by atoms with Crippen LogP contribution in [0, 0.1) is 0 Å². The van der Waals surface area contributed by atoms with Gasteiger partial charge in [-0.25, -0.2) is 0 Å². The molecule has 0 saturated heterocycles. The van der Waals surface area contributed by atoms with Crippen LogP contribution in [0.25, 0.3) is 0 Å². The summed E-state index contributed by atoms with van der Waals surface area (Å²) in [5.41, 5.74) is 1.69. The lowest BCUT2D eigenvalue weighted by molar-refractivity contribution is 0.0785. The number of aromatic amines is 1. The molecular formula is C12H13N3O. The number of hydrogen-bond acceptors (Lipinski definition) is 2. The van der Waals surface area contributed by atoms with Crippen molar-refractivity contribution >= 4 is 5.91 Å². The number of nitrogens with one attached hydrogen (secondary N) is 1. The van der Waals surface area contributed by atoms with Crippen LogP contribution in [-0.4, -0.2) is 28.1 Å². The molecule has 4 nitrogen and oxygen atoms in total. The lowest BCUT2D eigenvalue weighted by Gasteiger charge is -2.15. The van der Waals surface area contributed by atoms with Crippen molar-refractivity contribution < 1.29 is 4.79 Å². The highest BCUT2D eigenvalue weighted by molar-refractivity contribution is 5.93. The van der Waals surface area contributed by atoms with E-state index in [1.165, 1.54) is 0 Å². The zero-order valence-electron chi connectivity index (χ0n) is 9.05.